The first kappa shape index (κ1) is 18.3. The molecule has 0 saturated heterocycles. The molecule has 0 spiro atoms. The maximum Gasteiger partial charge on any atom is 0.274 e. The summed E-state index contributed by atoms with van der Waals surface area (Å²) in [6.07, 6.45) is 0. The van der Waals surface area contributed by atoms with Crippen LogP contribution in [0.5, 0.6) is 5.75 Å². The molecular formula is C19H15BrF2N2O2. The van der Waals surface area contributed by atoms with Crippen LogP contribution < -0.4 is 10.3 Å². The normalized spacial score (nSPS) is 10.8. The predicted molar refractivity (Wildman–Crippen MR) is 97.7 cm³/mol. The summed E-state index contributed by atoms with van der Waals surface area (Å²) in [5, 5.41) is 0. The smallest absolute Gasteiger partial charge is 0.274 e. The second-order valence-electron chi connectivity index (χ2n) is 5.77. The molecule has 4 nitrogen and oxygen atoms in total. The lowest BCUT2D eigenvalue weighted by Gasteiger charge is -2.14. The Morgan fingerprint density at radius 1 is 1.15 bits per heavy atom. The molecule has 2 aromatic heterocycles. The van der Waals surface area contributed by atoms with Crippen LogP contribution in [-0.4, -0.2) is 9.55 Å². The van der Waals surface area contributed by atoms with Crippen LogP contribution in [0.25, 0.3) is 5.82 Å². The number of rotatable bonds is 4. The van der Waals surface area contributed by atoms with E-state index in [2.05, 4.69) is 20.9 Å². The molecule has 7 heteroatoms. The van der Waals surface area contributed by atoms with E-state index in [4.69, 9.17) is 4.74 Å². The maximum atomic E-state index is 13.7. The fourth-order valence-corrected chi connectivity index (χ4v) is 2.92. The predicted octanol–water partition coefficient (Wildman–Crippen LogP) is 4.47. The van der Waals surface area contributed by atoms with Crippen molar-refractivity contribution in [2.45, 2.75) is 20.5 Å². The van der Waals surface area contributed by atoms with Crippen LogP contribution in [0.1, 0.15) is 17.0 Å². The zero-order valence-corrected chi connectivity index (χ0v) is 15.7. The summed E-state index contributed by atoms with van der Waals surface area (Å²) in [6.45, 7) is 3.47. The molecule has 0 amide bonds. The molecule has 1 aromatic carbocycles. The monoisotopic (exact) mass is 420 g/mol. The third-order valence-electron chi connectivity index (χ3n) is 3.80. The molecule has 0 atom stereocenters. The Balaban J connectivity index is 1.94. The summed E-state index contributed by atoms with van der Waals surface area (Å²) >= 11 is 3.24. The Bertz CT molecular complexity index is 1030. The molecule has 2 heterocycles. The zero-order chi connectivity index (χ0) is 18.8. The first-order chi connectivity index (χ1) is 12.4. The third-order valence-corrected chi connectivity index (χ3v) is 4.53. The fraction of sp³-hybridized carbons (Fsp3) is 0.158. The van der Waals surface area contributed by atoms with Crippen LogP contribution in [0.3, 0.4) is 0 Å². The molecule has 0 aliphatic rings. The van der Waals surface area contributed by atoms with Gasteiger partial charge in [0, 0.05) is 29.1 Å². The lowest BCUT2D eigenvalue weighted by atomic mass is 10.2. The first-order valence-corrected chi connectivity index (χ1v) is 8.59. The number of ether oxygens (including phenoxy) is 1. The van der Waals surface area contributed by atoms with Crippen molar-refractivity contribution in [2.24, 2.45) is 0 Å². The Morgan fingerprint density at radius 3 is 2.62 bits per heavy atom. The molecule has 0 unspecified atom stereocenters. The van der Waals surface area contributed by atoms with Crippen LogP contribution in [0.15, 0.2) is 51.7 Å². The number of aryl methyl sites for hydroxylation is 2. The number of aromatic nitrogens is 2. The SMILES string of the molecule is Cc1cccc(-n2c(C)cc(OCc3ccc(F)cc3F)c(Br)c2=O)n1. The van der Waals surface area contributed by atoms with Gasteiger partial charge in [-0.2, -0.15) is 0 Å². The quantitative estimate of drug-likeness (QED) is 0.625. The van der Waals surface area contributed by atoms with Gasteiger partial charge < -0.3 is 4.74 Å². The molecule has 0 fully saturated rings. The Morgan fingerprint density at radius 2 is 1.92 bits per heavy atom. The van der Waals surface area contributed by atoms with Gasteiger partial charge in [0.15, 0.2) is 0 Å². The summed E-state index contributed by atoms with van der Waals surface area (Å²) in [7, 11) is 0. The number of halogens is 3. The number of hydrogen-bond donors (Lipinski definition) is 0. The van der Waals surface area contributed by atoms with Crippen LogP contribution in [0.4, 0.5) is 8.78 Å². The minimum absolute atomic E-state index is 0.129. The van der Waals surface area contributed by atoms with E-state index in [0.29, 0.717) is 11.5 Å². The van der Waals surface area contributed by atoms with Gasteiger partial charge in [0.05, 0.1) is 0 Å². The second kappa shape index (κ2) is 7.37. The summed E-state index contributed by atoms with van der Waals surface area (Å²) in [4.78, 5) is 17.1. The first-order valence-electron chi connectivity index (χ1n) is 7.79. The van der Waals surface area contributed by atoms with Gasteiger partial charge >= 0.3 is 0 Å². The largest absolute Gasteiger partial charge is 0.487 e. The molecular weight excluding hydrogens is 406 g/mol. The number of benzene rings is 1. The van der Waals surface area contributed by atoms with E-state index in [9.17, 15) is 13.6 Å². The Labute approximate surface area is 157 Å². The average molecular weight is 421 g/mol. The fourth-order valence-electron chi connectivity index (χ4n) is 2.52. The van der Waals surface area contributed by atoms with Gasteiger partial charge in [-0.15, -0.1) is 0 Å². The van der Waals surface area contributed by atoms with Crippen molar-refractivity contribution >= 4 is 15.9 Å². The van der Waals surface area contributed by atoms with Gasteiger partial charge in [-0.05, 0) is 54.0 Å². The highest BCUT2D eigenvalue weighted by atomic mass is 79.9. The van der Waals surface area contributed by atoms with Crippen molar-refractivity contribution in [3.63, 3.8) is 0 Å². The Kier molecular flexibility index (Phi) is 5.18. The standard InChI is InChI=1S/C19H15BrF2N2O2/c1-11-4-3-5-17(23-11)24-12(2)8-16(18(20)19(24)25)26-10-13-6-7-14(21)9-15(13)22/h3-9H,10H2,1-2H3. The van der Waals surface area contributed by atoms with Crippen LogP contribution >= 0.6 is 15.9 Å². The number of nitrogens with zero attached hydrogens (tertiary/aromatic N) is 2. The van der Waals surface area contributed by atoms with Crippen molar-refractivity contribution in [3.05, 3.63) is 85.9 Å². The van der Waals surface area contributed by atoms with Gasteiger partial charge in [-0.3, -0.25) is 9.36 Å². The van der Waals surface area contributed by atoms with E-state index in [1.54, 1.807) is 19.1 Å². The van der Waals surface area contributed by atoms with E-state index >= 15 is 0 Å². The van der Waals surface area contributed by atoms with Crippen molar-refractivity contribution in [1.29, 1.82) is 0 Å². The van der Waals surface area contributed by atoms with Crippen LogP contribution in [0, 0.1) is 25.5 Å². The molecule has 3 rings (SSSR count). The lowest BCUT2D eigenvalue weighted by Crippen LogP contribution is -2.23. The molecule has 0 bridgehead atoms. The van der Waals surface area contributed by atoms with E-state index in [-0.39, 0.29) is 28.0 Å². The Hall–Kier alpha value is -2.54. The van der Waals surface area contributed by atoms with Gasteiger partial charge in [0.1, 0.15) is 34.3 Å². The maximum absolute atomic E-state index is 13.7. The van der Waals surface area contributed by atoms with E-state index in [1.165, 1.54) is 10.6 Å². The van der Waals surface area contributed by atoms with Gasteiger partial charge in [0.25, 0.3) is 5.56 Å². The molecule has 26 heavy (non-hydrogen) atoms. The van der Waals surface area contributed by atoms with Crippen molar-refractivity contribution in [1.82, 2.24) is 9.55 Å². The van der Waals surface area contributed by atoms with Gasteiger partial charge in [-0.25, -0.2) is 13.8 Å². The summed E-state index contributed by atoms with van der Waals surface area (Å²) < 4.78 is 33.9. The average Bonchev–Trinajstić information content (AvgIpc) is 2.58. The number of hydrogen-bond acceptors (Lipinski definition) is 3. The van der Waals surface area contributed by atoms with Crippen LogP contribution in [-0.2, 0) is 6.61 Å². The topological polar surface area (TPSA) is 44.1 Å². The number of pyridine rings is 2. The van der Waals surface area contributed by atoms with Crippen molar-refractivity contribution in [3.8, 4) is 11.6 Å². The second-order valence-corrected chi connectivity index (χ2v) is 6.56. The van der Waals surface area contributed by atoms with Crippen molar-refractivity contribution in [2.75, 3.05) is 0 Å². The summed E-state index contributed by atoms with van der Waals surface area (Å²) in [6, 6.07) is 10.3. The van der Waals surface area contributed by atoms with E-state index in [1.807, 2.05) is 19.1 Å². The highest BCUT2D eigenvalue weighted by Crippen LogP contribution is 2.25. The van der Waals surface area contributed by atoms with E-state index < -0.39 is 11.6 Å². The minimum Gasteiger partial charge on any atom is -0.487 e. The third kappa shape index (κ3) is 3.67. The van der Waals surface area contributed by atoms with Gasteiger partial charge in [-0.1, -0.05) is 6.07 Å². The minimum atomic E-state index is -0.699. The summed E-state index contributed by atoms with van der Waals surface area (Å²) in [5.41, 5.74) is 1.26. The molecule has 0 saturated carbocycles. The zero-order valence-electron chi connectivity index (χ0n) is 14.1. The van der Waals surface area contributed by atoms with Gasteiger partial charge in [0.2, 0.25) is 0 Å². The highest BCUT2D eigenvalue weighted by molar-refractivity contribution is 9.10. The molecule has 0 aliphatic carbocycles. The highest BCUT2D eigenvalue weighted by Gasteiger charge is 2.15. The molecule has 0 aliphatic heterocycles. The molecule has 134 valence electrons. The van der Waals surface area contributed by atoms with Crippen molar-refractivity contribution < 1.29 is 13.5 Å². The molecule has 0 N–H and O–H groups in total. The summed E-state index contributed by atoms with van der Waals surface area (Å²) in [5.74, 6) is -0.573. The lowest BCUT2D eigenvalue weighted by molar-refractivity contribution is 0.296. The van der Waals surface area contributed by atoms with E-state index in [0.717, 1.165) is 17.8 Å². The van der Waals surface area contributed by atoms with Crippen LogP contribution in [0.2, 0.25) is 0 Å². The molecule has 3 aromatic rings. The molecule has 0 radical (unpaired) electrons.